The second-order valence-electron chi connectivity index (χ2n) is 7.85. The van der Waals surface area contributed by atoms with Crippen molar-refractivity contribution in [1.29, 1.82) is 0 Å². The molecule has 32 heavy (non-hydrogen) atoms. The van der Waals surface area contributed by atoms with Crippen LogP contribution in [0.4, 0.5) is 0 Å². The summed E-state index contributed by atoms with van der Waals surface area (Å²) in [5, 5.41) is 13.3. The Hall–Kier alpha value is -3.27. The van der Waals surface area contributed by atoms with E-state index in [0.717, 1.165) is 27.7 Å². The van der Waals surface area contributed by atoms with E-state index >= 15 is 0 Å². The molecule has 1 atom stereocenters. The fourth-order valence-electron chi connectivity index (χ4n) is 3.98. The van der Waals surface area contributed by atoms with Crippen LogP contribution in [-0.2, 0) is 5.60 Å². The van der Waals surface area contributed by atoms with Crippen LogP contribution in [0.5, 0.6) is 0 Å². The number of benzene rings is 3. The number of aromatic nitrogens is 1. The number of rotatable bonds is 6. The lowest BCUT2D eigenvalue weighted by Gasteiger charge is -2.30. The SMILES string of the molecule is CC[C@](O)(c1cccc(/C=C/c2ccc3ccc(Cl)cc3n2)c1)c1ccccc1C(C)=O. The van der Waals surface area contributed by atoms with Gasteiger partial charge in [-0.05, 0) is 60.4 Å². The molecule has 160 valence electrons. The molecule has 0 spiro atoms. The molecule has 0 aliphatic carbocycles. The summed E-state index contributed by atoms with van der Waals surface area (Å²) in [5.74, 6) is -0.0639. The molecular weight excluding hydrogens is 418 g/mol. The maximum absolute atomic E-state index is 12.2. The van der Waals surface area contributed by atoms with Crippen molar-refractivity contribution < 1.29 is 9.90 Å². The van der Waals surface area contributed by atoms with Crippen LogP contribution in [0.1, 0.15) is 53.0 Å². The summed E-state index contributed by atoms with van der Waals surface area (Å²) in [4.78, 5) is 16.8. The molecule has 0 fully saturated rings. The summed E-state index contributed by atoms with van der Waals surface area (Å²) >= 11 is 6.10. The predicted octanol–water partition coefficient (Wildman–Crippen LogP) is 6.91. The number of aliphatic hydroxyl groups is 1. The van der Waals surface area contributed by atoms with Crippen molar-refractivity contribution in [2.24, 2.45) is 0 Å². The summed E-state index contributed by atoms with van der Waals surface area (Å²) in [5.41, 5.74) is 3.24. The highest BCUT2D eigenvalue weighted by molar-refractivity contribution is 6.31. The van der Waals surface area contributed by atoms with Gasteiger partial charge in [0.25, 0.3) is 0 Å². The lowest BCUT2D eigenvalue weighted by atomic mass is 9.80. The number of halogens is 1. The number of ketones is 1. The first-order valence-corrected chi connectivity index (χ1v) is 11.0. The molecule has 4 aromatic rings. The molecule has 0 aliphatic rings. The third-order valence-electron chi connectivity index (χ3n) is 5.75. The van der Waals surface area contributed by atoms with Gasteiger partial charge in [0.15, 0.2) is 5.78 Å². The average Bonchev–Trinajstić information content (AvgIpc) is 2.82. The van der Waals surface area contributed by atoms with Crippen LogP contribution in [0.15, 0.2) is 78.9 Å². The predicted molar refractivity (Wildman–Crippen MR) is 132 cm³/mol. The number of hydrogen-bond donors (Lipinski definition) is 1. The first-order valence-electron chi connectivity index (χ1n) is 10.6. The van der Waals surface area contributed by atoms with Gasteiger partial charge in [-0.25, -0.2) is 4.98 Å². The van der Waals surface area contributed by atoms with Crippen molar-refractivity contribution in [1.82, 2.24) is 4.98 Å². The smallest absolute Gasteiger partial charge is 0.160 e. The average molecular weight is 442 g/mol. The molecule has 0 unspecified atom stereocenters. The van der Waals surface area contributed by atoms with Crippen LogP contribution < -0.4 is 0 Å². The summed E-state index contributed by atoms with van der Waals surface area (Å²) in [6.07, 6.45) is 4.35. The minimum absolute atomic E-state index is 0.0639. The van der Waals surface area contributed by atoms with E-state index in [1.165, 1.54) is 6.92 Å². The van der Waals surface area contributed by atoms with Gasteiger partial charge in [-0.2, -0.15) is 0 Å². The Morgan fingerprint density at radius 1 is 1.00 bits per heavy atom. The summed E-state index contributed by atoms with van der Waals surface area (Å²) < 4.78 is 0. The van der Waals surface area contributed by atoms with Gasteiger partial charge in [0.1, 0.15) is 5.60 Å². The van der Waals surface area contributed by atoms with Crippen LogP contribution in [0.2, 0.25) is 5.02 Å². The van der Waals surface area contributed by atoms with Gasteiger partial charge in [0.05, 0.1) is 11.2 Å². The lowest BCUT2D eigenvalue weighted by molar-refractivity contribution is 0.0739. The van der Waals surface area contributed by atoms with Gasteiger partial charge in [-0.1, -0.05) is 79.2 Å². The van der Waals surface area contributed by atoms with Crippen LogP contribution in [0, 0.1) is 0 Å². The third-order valence-corrected chi connectivity index (χ3v) is 5.99. The highest BCUT2D eigenvalue weighted by Crippen LogP contribution is 2.35. The van der Waals surface area contributed by atoms with Gasteiger partial charge in [-0.15, -0.1) is 0 Å². The standard InChI is InChI=1S/C28H24ClNO2/c1-3-28(32,26-10-5-4-9-25(26)19(2)31)22-8-6-7-20(17-22)11-15-24-16-13-21-12-14-23(29)18-27(21)30-24/h4-18,32H,3H2,1-2H3/b15-11+/t28-/m0/s1. The molecular formula is C28H24ClNO2. The normalized spacial score (nSPS) is 13.4. The topological polar surface area (TPSA) is 50.2 Å². The van der Waals surface area contributed by atoms with E-state index < -0.39 is 5.60 Å². The Kier molecular flexibility index (Phi) is 6.22. The maximum Gasteiger partial charge on any atom is 0.160 e. The first-order chi connectivity index (χ1) is 15.4. The molecule has 3 nitrogen and oxygen atoms in total. The minimum atomic E-state index is -1.26. The molecule has 0 amide bonds. The Balaban J connectivity index is 1.69. The van der Waals surface area contributed by atoms with E-state index in [2.05, 4.69) is 4.98 Å². The largest absolute Gasteiger partial charge is 0.380 e. The summed E-state index contributed by atoms with van der Waals surface area (Å²) in [6, 6.07) is 24.6. The second-order valence-corrected chi connectivity index (χ2v) is 8.28. The Bertz CT molecular complexity index is 1330. The Morgan fingerprint density at radius 2 is 1.78 bits per heavy atom. The molecule has 0 aliphatic heterocycles. The molecule has 0 bridgehead atoms. The lowest BCUT2D eigenvalue weighted by Crippen LogP contribution is -2.28. The van der Waals surface area contributed by atoms with E-state index in [9.17, 15) is 9.90 Å². The fraction of sp³-hybridized carbons (Fsp3) is 0.143. The van der Waals surface area contributed by atoms with E-state index in [4.69, 9.17) is 11.6 Å². The number of pyridine rings is 1. The van der Waals surface area contributed by atoms with E-state index in [1.54, 1.807) is 6.07 Å². The molecule has 4 heteroatoms. The Morgan fingerprint density at radius 3 is 2.56 bits per heavy atom. The molecule has 1 N–H and O–H groups in total. The van der Waals surface area contributed by atoms with Crippen LogP contribution in [0.3, 0.4) is 0 Å². The quantitative estimate of drug-likeness (QED) is 0.331. The second kappa shape index (κ2) is 9.07. The molecule has 3 aromatic carbocycles. The number of carbonyl (C=O) groups is 1. The van der Waals surface area contributed by atoms with Gasteiger partial charge >= 0.3 is 0 Å². The van der Waals surface area contributed by atoms with E-state index in [1.807, 2.05) is 91.9 Å². The molecule has 1 heterocycles. The molecule has 1 aromatic heterocycles. The zero-order valence-electron chi connectivity index (χ0n) is 18.0. The number of nitrogens with zero attached hydrogens (tertiary/aromatic N) is 1. The zero-order valence-corrected chi connectivity index (χ0v) is 18.8. The summed E-state index contributed by atoms with van der Waals surface area (Å²) in [6.45, 7) is 3.45. The van der Waals surface area contributed by atoms with Gasteiger partial charge in [-0.3, -0.25) is 4.79 Å². The van der Waals surface area contributed by atoms with Crippen molar-refractivity contribution in [3.05, 3.63) is 112 Å². The van der Waals surface area contributed by atoms with Gasteiger partial charge < -0.3 is 5.11 Å². The number of fused-ring (bicyclic) bond motifs is 1. The van der Waals surface area contributed by atoms with Gasteiger partial charge in [0, 0.05) is 16.0 Å². The highest BCUT2D eigenvalue weighted by atomic mass is 35.5. The first kappa shape index (κ1) is 21.9. The van der Waals surface area contributed by atoms with Crippen molar-refractivity contribution in [2.45, 2.75) is 25.9 Å². The Labute approximate surface area is 193 Å². The highest BCUT2D eigenvalue weighted by Gasteiger charge is 2.32. The van der Waals surface area contributed by atoms with E-state index in [0.29, 0.717) is 22.6 Å². The molecule has 0 saturated carbocycles. The third kappa shape index (κ3) is 4.36. The summed E-state index contributed by atoms with van der Waals surface area (Å²) in [7, 11) is 0. The zero-order chi connectivity index (χ0) is 22.7. The maximum atomic E-state index is 12.2. The van der Waals surface area contributed by atoms with Crippen LogP contribution in [0.25, 0.3) is 23.1 Å². The number of Topliss-reactive ketones (excluding diaryl/α,β-unsaturated/α-hetero) is 1. The van der Waals surface area contributed by atoms with Crippen molar-refractivity contribution in [3.63, 3.8) is 0 Å². The van der Waals surface area contributed by atoms with E-state index in [-0.39, 0.29) is 5.78 Å². The monoisotopic (exact) mass is 441 g/mol. The molecule has 0 radical (unpaired) electrons. The van der Waals surface area contributed by atoms with Crippen LogP contribution >= 0.6 is 11.6 Å². The van der Waals surface area contributed by atoms with Gasteiger partial charge in [0.2, 0.25) is 0 Å². The minimum Gasteiger partial charge on any atom is -0.380 e. The van der Waals surface area contributed by atoms with Crippen molar-refractivity contribution in [3.8, 4) is 0 Å². The number of carbonyl (C=O) groups excluding carboxylic acids is 1. The van der Waals surface area contributed by atoms with Crippen molar-refractivity contribution in [2.75, 3.05) is 0 Å². The number of hydrogen-bond acceptors (Lipinski definition) is 3. The van der Waals surface area contributed by atoms with Crippen LogP contribution in [-0.4, -0.2) is 15.9 Å². The molecule has 4 rings (SSSR count). The molecule has 0 saturated heterocycles. The fourth-order valence-corrected chi connectivity index (χ4v) is 4.15. The van der Waals surface area contributed by atoms with Crippen molar-refractivity contribution >= 4 is 40.4 Å².